The average Bonchev–Trinajstić information content (AvgIpc) is 1.98. The van der Waals surface area contributed by atoms with E-state index >= 15 is 0 Å². The number of halogens is 6. The van der Waals surface area contributed by atoms with Crippen molar-refractivity contribution in [3.63, 3.8) is 0 Å². The van der Waals surface area contributed by atoms with Gasteiger partial charge < -0.3 is 9.47 Å². The summed E-state index contributed by atoms with van der Waals surface area (Å²) >= 11 is 0. The molecule has 0 unspecified atom stereocenters. The lowest BCUT2D eigenvalue weighted by Gasteiger charge is -1.99. The molecule has 0 aliphatic rings. The number of carbonyl (C=O) groups excluding carboxylic acids is 1. The summed E-state index contributed by atoms with van der Waals surface area (Å²) in [7, 11) is 0. The van der Waals surface area contributed by atoms with Crippen molar-refractivity contribution in [3.8, 4) is 0 Å². The maximum atomic E-state index is 11.4. The second-order valence-electron chi connectivity index (χ2n) is 2.17. The van der Waals surface area contributed by atoms with Crippen LogP contribution in [0, 0.1) is 0 Å². The maximum absolute atomic E-state index is 11.4. The van der Waals surface area contributed by atoms with E-state index in [1.807, 2.05) is 0 Å². The van der Waals surface area contributed by atoms with Gasteiger partial charge in [-0.1, -0.05) is 0 Å². The molecular weight excluding hydrogens is 246 g/mol. The van der Waals surface area contributed by atoms with Crippen LogP contribution in [-0.4, -0.2) is 18.5 Å². The topological polar surface area (TPSA) is 35.5 Å². The van der Waals surface area contributed by atoms with Gasteiger partial charge in [0.05, 0.1) is 12.2 Å². The summed E-state index contributed by atoms with van der Waals surface area (Å²) in [4.78, 5) is 10.3. The number of ether oxygens (including phenoxy) is 2. The molecule has 0 saturated carbocycles. The molecule has 0 heterocycles. The molecule has 16 heavy (non-hydrogen) atoms. The molecule has 0 aliphatic carbocycles. The first kappa shape index (κ1) is 14.3. The Morgan fingerprint density at radius 3 is 1.38 bits per heavy atom. The zero-order valence-corrected chi connectivity index (χ0v) is 7.30. The van der Waals surface area contributed by atoms with Crippen LogP contribution < -0.4 is 0 Å². The summed E-state index contributed by atoms with van der Waals surface area (Å²) in [5.74, 6) is 0. The Hall–Kier alpha value is -1.67. The molecule has 0 aromatic rings. The Bertz CT molecular complexity index is 259. The van der Waals surface area contributed by atoms with E-state index in [-0.39, 0.29) is 12.5 Å². The third-order valence-electron chi connectivity index (χ3n) is 0.843. The Labute approximate surface area is 84.9 Å². The van der Waals surface area contributed by atoms with Gasteiger partial charge in [-0.15, -0.1) is 0 Å². The summed E-state index contributed by atoms with van der Waals surface area (Å²) in [5, 5.41) is 0. The normalized spacial score (nSPS) is 13.4. The number of rotatable bonds is 2. The lowest BCUT2D eigenvalue weighted by atomic mass is 10.6. The minimum absolute atomic E-state index is 0.0518. The zero-order valence-electron chi connectivity index (χ0n) is 7.30. The molecular formula is C7H4F6O3. The molecule has 9 heteroatoms. The van der Waals surface area contributed by atoms with Crippen molar-refractivity contribution in [2.75, 3.05) is 0 Å². The van der Waals surface area contributed by atoms with Gasteiger partial charge >= 0.3 is 18.5 Å². The van der Waals surface area contributed by atoms with Crippen LogP contribution in [0.4, 0.5) is 31.1 Å². The lowest BCUT2D eigenvalue weighted by Crippen LogP contribution is -2.05. The smallest absolute Gasteiger partial charge is 0.403 e. The molecule has 0 N–H and O–H groups in total. The summed E-state index contributed by atoms with van der Waals surface area (Å²) in [6.45, 7) is 0. The number of carbonyl (C=O) groups is 1. The van der Waals surface area contributed by atoms with Crippen LogP contribution in [0.25, 0.3) is 0 Å². The van der Waals surface area contributed by atoms with Crippen molar-refractivity contribution in [3.05, 3.63) is 24.7 Å². The summed E-state index contributed by atoms with van der Waals surface area (Å²) in [6, 6.07) is 0. The Morgan fingerprint density at radius 2 is 1.12 bits per heavy atom. The maximum Gasteiger partial charge on any atom is 0.518 e. The fourth-order valence-electron chi connectivity index (χ4n) is 0.361. The Morgan fingerprint density at radius 1 is 0.812 bits per heavy atom. The molecule has 0 saturated heterocycles. The fraction of sp³-hybridized carbons (Fsp3) is 0.286. The molecule has 0 aromatic heterocycles. The van der Waals surface area contributed by atoms with Crippen LogP contribution in [0.1, 0.15) is 0 Å². The Balaban J connectivity index is 3.94. The van der Waals surface area contributed by atoms with E-state index in [1.165, 1.54) is 0 Å². The van der Waals surface area contributed by atoms with Gasteiger partial charge in [0.1, 0.15) is 12.5 Å². The molecule has 0 fully saturated rings. The van der Waals surface area contributed by atoms with Crippen LogP contribution in [0.3, 0.4) is 0 Å². The highest BCUT2D eigenvalue weighted by Crippen LogP contribution is 2.16. The predicted molar refractivity (Wildman–Crippen MR) is 38.0 cm³/mol. The van der Waals surface area contributed by atoms with Gasteiger partial charge in [0, 0.05) is 0 Å². The van der Waals surface area contributed by atoms with E-state index in [4.69, 9.17) is 0 Å². The minimum atomic E-state index is -4.69. The van der Waals surface area contributed by atoms with E-state index in [2.05, 4.69) is 9.47 Å². The van der Waals surface area contributed by atoms with Gasteiger partial charge in [-0.25, -0.2) is 4.79 Å². The molecule has 0 aromatic carbocycles. The largest absolute Gasteiger partial charge is 0.518 e. The third-order valence-corrected chi connectivity index (χ3v) is 0.843. The molecule has 3 nitrogen and oxygen atoms in total. The van der Waals surface area contributed by atoms with E-state index in [0.29, 0.717) is 0 Å². The predicted octanol–water partition coefficient (Wildman–Crippen LogP) is 3.29. The highest BCUT2D eigenvalue weighted by atomic mass is 19.4. The van der Waals surface area contributed by atoms with Crippen molar-refractivity contribution in [2.24, 2.45) is 0 Å². The first-order chi connectivity index (χ1) is 7.10. The van der Waals surface area contributed by atoms with Gasteiger partial charge in [0.25, 0.3) is 0 Å². The summed E-state index contributed by atoms with van der Waals surface area (Å²) in [5.41, 5.74) is 0. The SMILES string of the molecule is O=C(O/C=C/C(F)(F)F)O/C=C/C(F)(F)F. The number of alkyl halides is 6. The quantitative estimate of drug-likeness (QED) is 0.428. The van der Waals surface area contributed by atoms with Gasteiger partial charge in [-0.3, -0.25) is 0 Å². The molecule has 0 radical (unpaired) electrons. The second kappa shape index (κ2) is 5.42. The van der Waals surface area contributed by atoms with Crippen molar-refractivity contribution in [1.82, 2.24) is 0 Å². The number of allylic oxidation sites excluding steroid dienone is 2. The molecule has 0 bridgehead atoms. The highest BCUT2D eigenvalue weighted by molar-refractivity contribution is 5.61. The number of hydrogen-bond donors (Lipinski definition) is 0. The van der Waals surface area contributed by atoms with Gasteiger partial charge in [-0.05, 0) is 0 Å². The molecule has 0 rings (SSSR count). The van der Waals surface area contributed by atoms with E-state index < -0.39 is 30.7 Å². The molecule has 92 valence electrons. The number of hydrogen-bond acceptors (Lipinski definition) is 3. The van der Waals surface area contributed by atoms with E-state index in [1.54, 1.807) is 0 Å². The highest BCUT2D eigenvalue weighted by Gasteiger charge is 2.23. The Kier molecular flexibility index (Phi) is 4.86. The molecule has 0 aliphatic heterocycles. The van der Waals surface area contributed by atoms with Crippen molar-refractivity contribution < 1.29 is 40.6 Å². The van der Waals surface area contributed by atoms with E-state index in [9.17, 15) is 31.1 Å². The van der Waals surface area contributed by atoms with Gasteiger partial charge in [0.2, 0.25) is 0 Å². The third kappa shape index (κ3) is 10.4. The summed E-state index contributed by atoms with van der Waals surface area (Å²) in [6.07, 6.45) is -12.1. The first-order valence-electron chi connectivity index (χ1n) is 3.46. The van der Waals surface area contributed by atoms with E-state index in [0.717, 1.165) is 0 Å². The molecule has 0 atom stereocenters. The zero-order chi connectivity index (χ0) is 12.8. The van der Waals surface area contributed by atoms with Crippen molar-refractivity contribution >= 4 is 6.16 Å². The van der Waals surface area contributed by atoms with Crippen molar-refractivity contribution in [1.29, 1.82) is 0 Å². The molecule has 0 spiro atoms. The van der Waals surface area contributed by atoms with Crippen molar-refractivity contribution in [2.45, 2.75) is 12.4 Å². The van der Waals surface area contributed by atoms with Gasteiger partial charge in [0.15, 0.2) is 0 Å². The molecule has 0 amide bonds. The standard InChI is InChI=1S/C7H4F6O3/c8-6(9,10)1-3-15-5(14)16-4-2-7(11,12)13/h1-4H/b3-1+,4-2+. The summed E-state index contributed by atoms with van der Waals surface area (Å²) < 4.78 is 75.9. The second-order valence-corrected chi connectivity index (χ2v) is 2.17. The van der Waals surface area contributed by atoms with Crippen LogP contribution in [0.5, 0.6) is 0 Å². The van der Waals surface area contributed by atoms with Gasteiger partial charge in [-0.2, -0.15) is 26.3 Å². The minimum Gasteiger partial charge on any atom is -0.403 e. The average molecular weight is 250 g/mol. The fourth-order valence-corrected chi connectivity index (χ4v) is 0.361. The monoisotopic (exact) mass is 250 g/mol. The van der Waals surface area contributed by atoms with Crippen LogP contribution in [-0.2, 0) is 9.47 Å². The van der Waals surface area contributed by atoms with Crippen LogP contribution in [0.2, 0.25) is 0 Å². The van der Waals surface area contributed by atoms with Crippen LogP contribution in [0.15, 0.2) is 24.7 Å². The first-order valence-corrected chi connectivity index (χ1v) is 3.46. The lowest BCUT2D eigenvalue weighted by molar-refractivity contribution is -0.0816. The van der Waals surface area contributed by atoms with Crippen LogP contribution >= 0.6 is 0 Å².